The molecule has 0 saturated carbocycles. The number of hydrogen-bond acceptors (Lipinski definition) is 3. The largest absolute Gasteiger partial charge is 0.481 e. The summed E-state index contributed by atoms with van der Waals surface area (Å²) in [6, 6.07) is 5.93. The Kier molecular flexibility index (Phi) is 6.23. The van der Waals surface area contributed by atoms with Crippen molar-refractivity contribution >= 4 is 21.8 Å². The van der Waals surface area contributed by atoms with E-state index in [0.29, 0.717) is 0 Å². The lowest BCUT2D eigenvalue weighted by molar-refractivity contribution is -0.128. The zero-order chi connectivity index (χ0) is 16.2. The SMILES string of the molecule is CNC(C)c1cc(Br)ccc1OC(C)C(=O)NC(C)(C)C. The van der Waals surface area contributed by atoms with Crippen LogP contribution in [0.25, 0.3) is 0 Å². The van der Waals surface area contributed by atoms with Crippen LogP contribution in [0.2, 0.25) is 0 Å². The van der Waals surface area contributed by atoms with E-state index in [0.717, 1.165) is 15.8 Å². The van der Waals surface area contributed by atoms with Gasteiger partial charge in [0.15, 0.2) is 6.10 Å². The first-order valence-corrected chi connectivity index (χ1v) is 7.88. The predicted molar refractivity (Wildman–Crippen MR) is 89.6 cm³/mol. The Morgan fingerprint density at radius 3 is 2.43 bits per heavy atom. The van der Waals surface area contributed by atoms with Gasteiger partial charge in [-0.05, 0) is 59.9 Å². The zero-order valence-electron chi connectivity index (χ0n) is 13.6. The van der Waals surface area contributed by atoms with Crippen molar-refractivity contribution in [1.29, 1.82) is 0 Å². The summed E-state index contributed by atoms with van der Waals surface area (Å²) in [4.78, 5) is 12.1. The Hall–Kier alpha value is -1.07. The molecular weight excluding hydrogens is 332 g/mol. The molecule has 1 aromatic carbocycles. The normalized spacial score (nSPS) is 14.4. The summed E-state index contributed by atoms with van der Waals surface area (Å²) in [6.45, 7) is 9.66. The molecule has 1 amide bonds. The van der Waals surface area contributed by atoms with Crippen molar-refractivity contribution in [3.63, 3.8) is 0 Å². The first-order valence-electron chi connectivity index (χ1n) is 7.09. The van der Waals surface area contributed by atoms with Crippen LogP contribution in [0.3, 0.4) is 0 Å². The van der Waals surface area contributed by atoms with Crippen LogP contribution < -0.4 is 15.4 Å². The number of benzene rings is 1. The van der Waals surface area contributed by atoms with Gasteiger partial charge in [-0.1, -0.05) is 15.9 Å². The summed E-state index contributed by atoms with van der Waals surface area (Å²) >= 11 is 3.47. The maximum Gasteiger partial charge on any atom is 0.261 e. The van der Waals surface area contributed by atoms with Gasteiger partial charge in [-0.25, -0.2) is 0 Å². The third kappa shape index (κ3) is 5.67. The number of ether oxygens (including phenoxy) is 1. The van der Waals surface area contributed by atoms with Crippen molar-refractivity contribution < 1.29 is 9.53 Å². The second-order valence-corrected chi connectivity index (χ2v) is 7.11. The summed E-state index contributed by atoms with van der Waals surface area (Å²) in [5.74, 6) is 0.602. The highest BCUT2D eigenvalue weighted by Gasteiger charge is 2.22. The van der Waals surface area contributed by atoms with E-state index in [9.17, 15) is 4.79 Å². The fraction of sp³-hybridized carbons (Fsp3) is 0.562. The van der Waals surface area contributed by atoms with Crippen LogP contribution in [0.5, 0.6) is 5.75 Å². The Morgan fingerprint density at radius 1 is 1.29 bits per heavy atom. The van der Waals surface area contributed by atoms with Crippen molar-refractivity contribution in [3.05, 3.63) is 28.2 Å². The van der Waals surface area contributed by atoms with E-state index in [4.69, 9.17) is 4.74 Å². The van der Waals surface area contributed by atoms with E-state index >= 15 is 0 Å². The third-order valence-corrected chi connectivity index (χ3v) is 3.54. The van der Waals surface area contributed by atoms with Gasteiger partial charge in [0.25, 0.3) is 5.91 Å². The van der Waals surface area contributed by atoms with Crippen molar-refractivity contribution in [1.82, 2.24) is 10.6 Å². The van der Waals surface area contributed by atoms with E-state index in [-0.39, 0.29) is 17.5 Å². The van der Waals surface area contributed by atoms with Crippen LogP contribution >= 0.6 is 15.9 Å². The quantitative estimate of drug-likeness (QED) is 0.849. The van der Waals surface area contributed by atoms with Crippen LogP contribution in [-0.2, 0) is 4.79 Å². The fourth-order valence-corrected chi connectivity index (χ4v) is 2.21. The number of hydrogen-bond donors (Lipinski definition) is 2. The average Bonchev–Trinajstić information content (AvgIpc) is 2.37. The number of halogens is 1. The number of rotatable bonds is 5. The number of amides is 1. The molecular formula is C16H25BrN2O2. The number of nitrogens with one attached hydrogen (secondary N) is 2. The van der Waals surface area contributed by atoms with Gasteiger partial charge in [-0.15, -0.1) is 0 Å². The maximum atomic E-state index is 12.1. The van der Waals surface area contributed by atoms with Gasteiger partial charge < -0.3 is 15.4 Å². The molecule has 0 aliphatic rings. The summed E-state index contributed by atoms with van der Waals surface area (Å²) in [7, 11) is 1.89. The second kappa shape index (κ2) is 7.27. The molecule has 0 bridgehead atoms. The molecule has 0 spiro atoms. The van der Waals surface area contributed by atoms with Crippen molar-refractivity contribution in [2.24, 2.45) is 0 Å². The lowest BCUT2D eigenvalue weighted by Crippen LogP contribution is -2.46. The Morgan fingerprint density at radius 2 is 1.90 bits per heavy atom. The van der Waals surface area contributed by atoms with E-state index in [1.807, 2.05) is 46.0 Å². The van der Waals surface area contributed by atoms with Crippen LogP contribution in [0.15, 0.2) is 22.7 Å². The topological polar surface area (TPSA) is 50.4 Å². The summed E-state index contributed by atoms with van der Waals surface area (Å²) in [6.07, 6.45) is -0.548. The molecule has 21 heavy (non-hydrogen) atoms. The molecule has 5 heteroatoms. The Balaban J connectivity index is 2.89. The zero-order valence-corrected chi connectivity index (χ0v) is 15.2. The molecule has 118 valence electrons. The number of carbonyl (C=O) groups excluding carboxylic acids is 1. The first-order chi connectivity index (χ1) is 9.64. The molecule has 0 aromatic heterocycles. The van der Waals surface area contributed by atoms with Crippen molar-refractivity contribution in [2.75, 3.05) is 7.05 Å². The molecule has 1 rings (SSSR count). The Bertz CT molecular complexity index is 498. The van der Waals surface area contributed by atoms with Gasteiger partial charge in [-0.2, -0.15) is 0 Å². The number of carbonyl (C=O) groups is 1. The molecule has 0 aliphatic heterocycles. The van der Waals surface area contributed by atoms with E-state index in [2.05, 4.69) is 33.5 Å². The van der Waals surface area contributed by atoms with Gasteiger partial charge in [-0.3, -0.25) is 4.79 Å². The molecule has 2 unspecified atom stereocenters. The highest BCUT2D eigenvalue weighted by atomic mass is 79.9. The molecule has 0 heterocycles. The van der Waals surface area contributed by atoms with E-state index in [1.54, 1.807) is 6.92 Å². The smallest absolute Gasteiger partial charge is 0.261 e. The molecule has 1 aromatic rings. The molecule has 0 fully saturated rings. The third-order valence-electron chi connectivity index (χ3n) is 3.04. The summed E-state index contributed by atoms with van der Waals surface area (Å²) in [5.41, 5.74) is 0.748. The van der Waals surface area contributed by atoms with Gasteiger partial charge >= 0.3 is 0 Å². The molecule has 2 N–H and O–H groups in total. The van der Waals surface area contributed by atoms with Crippen LogP contribution in [0, 0.1) is 0 Å². The van der Waals surface area contributed by atoms with Gasteiger partial charge in [0.1, 0.15) is 5.75 Å². The Labute approximate surface area is 135 Å². The minimum Gasteiger partial charge on any atom is -0.481 e. The lowest BCUT2D eigenvalue weighted by atomic mass is 10.1. The minimum absolute atomic E-state index is 0.117. The van der Waals surface area contributed by atoms with E-state index < -0.39 is 6.10 Å². The maximum absolute atomic E-state index is 12.1. The predicted octanol–water partition coefficient (Wildman–Crippen LogP) is 3.41. The highest BCUT2D eigenvalue weighted by Crippen LogP contribution is 2.29. The summed E-state index contributed by atoms with van der Waals surface area (Å²) in [5, 5.41) is 6.11. The van der Waals surface area contributed by atoms with Gasteiger partial charge in [0.2, 0.25) is 0 Å². The average molecular weight is 357 g/mol. The van der Waals surface area contributed by atoms with Crippen LogP contribution in [-0.4, -0.2) is 24.6 Å². The van der Waals surface area contributed by atoms with Crippen LogP contribution in [0.4, 0.5) is 0 Å². The standard InChI is InChI=1S/C16H25BrN2O2/c1-10(18-6)13-9-12(17)7-8-14(13)21-11(2)15(20)19-16(3,4)5/h7-11,18H,1-6H3,(H,19,20). The van der Waals surface area contributed by atoms with Crippen molar-refractivity contribution in [2.45, 2.75) is 52.3 Å². The van der Waals surface area contributed by atoms with Gasteiger partial charge in [0, 0.05) is 21.6 Å². The molecule has 0 radical (unpaired) electrons. The monoisotopic (exact) mass is 356 g/mol. The molecule has 0 aliphatic carbocycles. The molecule has 2 atom stereocenters. The second-order valence-electron chi connectivity index (χ2n) is 6.19. The summed E-state index contributed by atoms with van der Waals surface area (Å²) < 4.78 is 6.84. The van der Waals surface area contributed by atoms with Crippen LogP contribution in [0.1, 0.15) is 46.2 Å². The van der Waals surface area contributed by atoms with Gasteiger partial charge in [0.05, 0.1) is 0 Å². The fourth-order valence-electron chi connectivity index (χ4n) is 1.84. The molecule has 0 saturated heterocycles. The molecule has 4 nitrogen and oxygen atoms in total. The minimum atomic E-state index is -0.548. The first kappa shape index (κ1) is 18.0. The highest BCUT2D eigenvalue weighted by molar-refractivity contribution is 9.10. The van der Waals surface area contributed by atoms with Crippen molar-refractivity contribution in [3.8, 4) is 5.75 Å². The lowest BCUT2D eigenvalue weighted by Gasteiger charge is -2.25. The van der Waals surface area contributed by atoms with E-state index in [1.165, 1.54) is 0 Å².